The van der Waals surface area contributed by atoms with Crippen LogP contribution in [-0.4, -0.2) is 6.18 Å². The van der Waals surface area contributed by atoms with Gasteiger partial charge >= 0.3 is 6.18 Å². The fourth-order valence-corrected chi connectivity index (χ4v) is 0.515. The number of rotatable bonds is 1. The van der Waals surface area contributed by atoms with Crippen molar-refractivity contribution >= 4 is 0 Å². The normalized spacial score (nSPS) is 14.5. The molecule has 0 heterocycles. The van der Waals surface area contributed by atoms with Crippen molar-refractivity contribution in [2.24, 2.45) is 5.92 Å². The summed E-state index contributed by atoms with van der Waals surface area (Å²) < 4.78 is 46.5. The molecule has 0 rings (SSSR count). The van der Waals surface area contributed by atoms with Crippen molar-refractivity contribution in [1.29, 1.82) is 0 Å². The Morgan fingerprint density at radius 1 is 1.30 bits per heavy atom. The van der Waals surface area contributed by atoms with Crippen LogP contribution >= 0.6 is 0 Å². The Hall–Kier alpha value is -0.540. The van der Waals surface area contributed by atoms with Gasteiger partial charge in [-0.05, 0) is 5.92 Å². The predicted molar refractivity (Wildman–Crippen MR) is 30.1 cm³/mol. The third-order valence-corrected chi connectivity index (χ3v) is 1.07. The minimum atomic E-state index is -4.52. The zero-order chi connectivity index (χ0) is 8.36. The van der Waals surface area contributed by atoms with Crippen LogP contribution in [0.2, 0.25) is 0 Å². The first-order valence-corrected chi connectivity index (χ1v) is 2.77. The quantitative estimate of drug-likeness (QED) is 0.512. The minimum Gasteiger partial charge on any atom is -0.215 e. The Bertz CT molecular complexity index is 131. The second-order valence-electron chi connectivity index (χ2n) is 2.22. The van der Waals surface area contributed by atoms with Crippen molar-refractivity contribution in [2.75, 3.05) is 0 Å². The summed E-state index contributed by atoms with van der Waals surface area (Å²) in [6.45, 7) is 2.58. The standard InChI is InChI=1S/C6H8F4/c1-4(2)5(3-7)6(8,9)10/h3-4H,1-2H3/b5-3-. The van der Waals surface area contributed by atoms with E-state index < -0.39 is 17.7 Å². The van der Waals surface area contributed by atoms with E-state index in [1.165, 1.54) is 13.8 Å². The topological polar surface area (TPSA) is 0 Å². The van der Waals surface area contributed by atoms with Gasteiger partial charge in [-0.3, -0.25) is 0 Å². The molecule has 0 N–H and O–H groups in total. The lowest BCUT2D eigenvalue weighted by Gasteiger charge is -2.12. The van der Waals surface area contributed by atoms with Gasteiger partial charge in [-0.1, -0.05) is 13.8 Å². The van der Waals surface area contributed by atoms with E-state index >= 15 is 0 Å². The lowest BCUT2D eigenvalue weighted by atomic mass is 10.1. The molecule has 0 bridgehead atoms. The van der Waals surface area contributed by atoms with Crippen LogP contribution in [0.1, 0.15) is 13.8 Å². The molecule has 10 heavy (non-hydrogen) atoms. The Kier molecular flexibility index (Phi) is 2.87. The van der Waals surface area contributed by atoms with Crippen molar-refractivity contribution in [1.82, 2.24) is 0 Å². The van der Waals surface area contributed by atoms with Gasteiger partial charge in [0, 0.05) is 0 Å². The Labute approximate surface area is 56.5 Å². The van der Waals surface area contributed by atoms with Crippen LogP contribution < -0.4 is 0 Å². The first kappa shape index (κ1) is 9.46. The molecule has 0 fully saturated rings. The number of hydrogen-bond acceptors (Lipinski definition) is 0. The third kappa shape index (κ3) is 2.37. The van der Waals surface area contributed by atoms with Gasteiger partial charge < -0.3 is 0 Å². The molecule has 0 aliphatic rings. The lowest BCUT2D eigenvalue weighted by Crippen LogP contribution is -2.15. The zero-order valence-electron chi connectivity index (χ0n) is 5.67. The van der Waals surface area contributed by atoms with Crippen LogP contribution in [0.5, 0.6) is 0 Å². The molecule has 0 saturated heterocycles. The lowest BCUT2D eigenvalue weighted by molar-refractivity contribution is -0.0986. The Balaban J connectivity index is 4.40. The molecule has 0 nitrogen and oxygen atoms in total. The fourth-order valence-electron chi connectivity index (χ4n) is 0.515. The summed E-state index contributed by atoms with van der Waals surface area (Å²) in [6, 6.07) is 0. The molecule has 0 aromatic carbocycles. The van der Waals surface area contributed by atoms with Crippen LogP contribution in [0.4, 0.5) is 17.6 Å². The van der Waals surface area contributed by atoms with Gasteiger partial charge in [0.15, 0.2) is 0 Å². The molecular weight excluding hydrogens is 148 g/mol. The molecule has 0 unspecified atom stereocenters. The van der Waals surface area contributed by atoms with Crippen LogP contribution in [0.3, 0.4) is 0 Å². The highest BCUT2D eigenvalue weighted by molar-refractivity contribution is 5.07. The van der Waals surface area contributed by atoms with Gasteiger partial charge in [0.25, 0.3) is 0 Å². The summed E-state index contributed by atoms with van der Waals surface area (Å²) >= 11 is 0. The maximum atomic E-state index is 11.7. The van der Waals surface area contributed by atoms with Crippen LogP contribution in [0, 0.1) is 5.92 Å². The molecule has 0 spiro atoms. The summed E-state index contributed by atoms with van der Waals surface area (Å²) in [5, 5.41) is 0. The number of halogens is 4. The molecule has 0 aliphatic carbocycles. The molecular formula is C6H8F4. The smallest absolute Gasteiger partial charge is 0.215 e. The van der Waals surface area contributed by atoms with Crippen molar-refractivity contribution in [2.45, 2.75) is 20.0 Å². The molecule has 0 aromatic heterocycles. The monoisotopic (exact) mass is 156 g/mol. The van der Waals surface area contributed by atoms with Crippen molar-refractivity contribution < 1.29 is 17.6 Å². The van der Waals surface area contributed by atoms with Gasteiger partial charge in [-0.25, -0.2) is 4.39 Å². The number of allylic oxidation sites excluding steroid dienone is 1. The molecule has 0 aromatic rings. The van der Waals surface area contributed by atoms with Gasteiger partial charge in [0.1, 0.15) is 0 Å². The van der Waals surface area contributed by atoms with Crippen molar-refractivity contribution in [3.05, 3.63) is 11.9 Å². The average molecular weight is 156 g/mol. The van der Waals surface area contributed by atoms with Gasteiger partial charge in [-0.2, -0.15) is 13.2 Å². The minimum absolute atomic E-state index is 0.384. The van der Waals surface area contributed by atoms with E-state index in [0.29, 0.717) is 0 Å². The molecule has 4 heteroatoms. The highest BCUT2D eigenvalue weighted by Crippen LogP contribution is 2.30. The first-order valence-electron chi connectivity index (χ1n) is 2.77. The summed E-state index contributed by atoms with van der Waals surface area (Å²) in [5.74, 6) is -0.815. The van der Waals surface area contributed by atoms with E-state index in [1.54, 1.807) is 0 Å². The van der Waals surface area contributed by atoms with E-state index in [-0.39, 0.29) is 6.33 Å². The second kappa shape index (κ2) is 3.03. The van der Waals surface area contributed by atoms with E-state index in [9.17, 15) is 17.6 Å². The Morgan fingerprint density at radius 3 is 1.70 bits per heavy atom. The maximum absolute atomic E-state index is 11.7. The highest BCUT2D eigenvalue weighted by Gasteiger charge is 2.35. The Morgan fingerprint density at radius 2 is 1.70 bits per heavy atom. The SMILES string of the molecule is CC(C)/C(=C/F)C(F)(F)F. The molecule has 60 valence electrons. The fraction of sp³-hybridized carbons (Fsp3) is 0.667. The largest absolute Gasteiger partial charge is 0.415 e. The molecule has 0 saturated carbocycles. The first-order chi connectivity index (χ1) is 4.39. The highest BCUT2D eigenvalue weighted by atomic mass is 19.4. The molecule has 0 aliphatic heterocycles. The van der Waals surface area contributed by atoms with Gasteiger partial charge in [0.05, 0.1) is 11.9 Å². The van der Waals surface area contributed by atoms with E-state index in [0.717, 1.165) is 0 Å². The van der Waals surface area contributed by atoms with E-state index in [1.807, 2.05) is 0 Å². The number of hydrogen-bond donors (Lipinski definition) is 0. The van der Waals surface area contributed by atoms with Gasteiger partial charge in [0.2, 0.25) is 0 Å². The average Bonchev–Trinajstić information content (AvgIpc) is 1.60. The summed E-state index contributed by atoms with van der Waals surface area (Å²) in [6.07, 6.45) is -4.91. The predicted octanol–water partition coefficient (Wildman–Crippen LogP) is 3.06. The van der Waals surface area contributed by atoms with E-state index in [4.69, 9.17) is 0 Å². The molecule has 0 radical (unpaired) electrons. The number of alkyl halides is 3. The second-order valence-corrected chi connectivity index (χ2v) is 2.22. The maximum Gasteiger partial charge on any atom is 0.415 e. The van der Waals surface area contributed by atoms with Crippen molar-refractivity contribution in [3.8, 4) is 0 Å². The third-order valence-electron chi connectivity index (χ3n) is 1.07. The van der Waals surface area contributed by atoms with Crippen molar-refractivity contribution in [3.63, 3.8) is 0 Å². The zero-order valence-corrected chi connectivity index (χ0v) is 5.67. The van der Waals surface area contributed by atoms with Crippen LogP contribution in [-0.2, 0) is 0 Å². The summed E-state index contributed by atoms with van der Waals surface area (Å²) in [5.41, 5.74) is -1.12. The van der Waals surface area contributed by atoms with Crippen LogP contribution in [0.25, 0.3) is 0 Å². The van der Waals surface area contributed by atoms with Gasteiger partial charge in [-0.15, -0.1) is 0 Å². The molecule has 0 amide bonds. The molecule has 0 atom stereocenters. The van der Waals surface area contributed by atoms with E-state index in [2.05, 4.69) is 0 Å². The summed E-state index contributed by atoms with van der Waals surface area (Å²) in [4.78, 5) is 0. The van der Waals surface area contributed by atoms with Crippen LogP contribution in [0.15, 0.2) is 11.9 Å². The summed E-state index contributed by atoms with van der Waals surface area (Å²) in [7, 11) is 0.